The van der Waals surface area contributed by atoms with Crippen molar-refractivity contribution in [3.8, 4) is 0 Å². The number of hydrogen-bond acceptors (Lipinski definition) is 3. The Morgan fingerprint density at radius 3 is 2.55 bits per heavy atom. The lowest BCUT2D eigenvalue weighted by Gasteiger charge is -2.17. The molecule has 66 valence electrons. The van der Waals surface area contributed by atoms with E-state index in [4.69, 9.17) is 0 Å². The monoisotopic (exact) mass is 159 g/mol. The average Bonchev–Trinajstić information content (AvgIpc) is 2.02. The van der Waals surface area contributed by atoms with Gasteiger partial charge in [-0.15, -0.1) is 0 Å². The van der Waals surface area contributed by atoms with Crippen molar-refractivity contribution < 1.29 is 9.53 Å². The molecule has 0 aliphatic carbocycles. The highest BCUT2D eigenvalue weighted by molar-refractivity contribution is 5.71. The molecule has 0 fully saturated rings. The van der Waals surface area contributed by atoms with E-state index in [1.165, 1.54) is 7.11 Å². The SMILES string of the molecule is CCN(C)CC(C)C(=O)OC. The van der Waals surface area contributed by atoms with Crippen molar-refractivity contribution in [2.24, 2.45) is 5.92 Å². The molecule has 1 atom stereocenters. The van der Waals surface area contributed by atoms with Crippen molar-refractivity contribution in [1.29, 1.82) is 0 Å². The van der Waals surface area contributed by atoms with Gasteiger partial charge in [-0.2, -0.15) is 0 Å². The highest BCUT2D eigenvalue weighted by Gasteiger charge is 2.13. The number of esters is 1. The number of nitrogens with zero attached hydrogens (tertiary/aromatic N) is 1. The second-order valence-corrected chi connectivity index (χ2v) is 2.78. The molecule has 1 unspecified atom stereocenters. The Bertz CT molecular complexity index is 125. The van der Waals surface area contributed by atoms with Gasteiger partial charge in [0.2, 0.25) is 0 Å². The van der Waals surface area contributed by atoms with Crippen molar-refractivity contribution in [1.82, 2.24) is 4.90 Å². The standard InChI is InChI=1S/C8H17NO2/c1-5-9(3)6-7(2)8(10)11-4/h7H,5-6H2,1-4H3. The van der Waals surface area contributed by atoms with Gasteiger partial charge in [-0.1, -0.05) is 13.8 Å². The van der Waals surface area contributed by atoms with Crippen LogP contribution in [0.25, 0.3) is 0 Å². The first-order valence-electron chi connectivity index (χ1n) is 3.88. The van der Waals surface area contributed by atoms with Crippen LogP contribution in [0.4, 0.5) is 0 Å². The van der Waals surface area contributed by atoms with E-state index in [-0.39, 0.29) is 11.9 Å². The fraction of sp³-hybridized carbons (Fsp3) is 0.875. The summed E-state index contributed by atoms with van der Waals surface area (Å²) in [5, 5.41) is 0. The molecule has 0 heterocycles. The minimum absolute atomic E-state index is 0.0232. The predicted molar refractivity (Wildman–Crippen MR) is 44.4 cm³/mol. The van der Waals surface area contributed by atoms with E-state index in [1.54, 1.807) is 0 Å². The number of methoxy groups -OCH3 is 1. The summed E-state index contributed by atoms with van der Waals surface area (Å²) in [6, 6.07) is 0. The van der Waals surface area contributed by atoms with E-state index < -0.39 is 0 Å². The van der Waals surface area contributed by atoms with E-state index >= 15 is 0 Å². The largest absolute Gasteiger partial charge is 0.469 e. The van der Waals surface area contributed by atoms with Crippen molar-refractivity contribution >= 4 is 5.97 Å². The third-order valence-corrected chi connectivity index (χ3v) is 1.73. The normalized spacial score (nSPS) is 13.2. The summed E-state index contributed by atoms with van der Waals surface area (Å²) < 4.78 is 4.59. The first kappa shape index (κ1) is 10.4. The van der Waals surface area contributed by atoms with Gasteiger partial charge in [0.15, 0.2) is 0 Å². The minimum atomic E-state index is -0.134. The Kier molecular flexibility index (Phi) is 4.86. The molecule has 0 aromatic rings. The summed E-state index contributed by atoms with van der Waals surface area (Å²) >= 11 is 0. The van der Waals surface area contributed by atoms with Crippen LogP contribution < -0.4 is 0 Å². The molecule has 0 rings (SSSR count). The highest BCUT2D eigenvalue weighted by atomic mass is 16.5. The summed E-state index contributed by atoms with van der Waals surface area (Å²) in [5.41, 5.74) is 0. The fourth-order valence-corrected chi connectivity index (χ4v) is 0.872. The lowest BCUT2D eigenvalue weighted by atomic mass is 10.2. The number of carbonyl (C=O) groups excluding carboxylic acids is 1. The Hall–Kier alpha value is -0.570. The van der Waals surface area contributed by atoms with Crippen LogP contribution in [0.2, 0.25) is 0 Å². The number of hydrogen-bond donors (Lipinski definition) is 0. The summed E-state index contributed by atoms with van der Waals surface area (Å²) in [6.07, 6.45) is 0. The summed E-state index contributed by atoms with van der Waals surface area (Å²) in [7, 11) is 3.41. The Labute approximate surface area is 68.3 Å². The molecule has 3 heteroatoms. The van der Waals surface area contributed by atoms with Crippen LogP contribution in [0.5, 0.6) is 0 Å². The lowest BCUT2D eigenvalue weighted by molar-refractivity contribution is -0.145. The lowest BCUT2D eigenvalue weighted by Crippen LogP contribution is -2.29. The van der Waals surface area contributed by atoms with Crippen LogP contribution in [0.15, 0.2) is 0 Å². The third-order valence-electron chi connectivity index (χ3n) is 1.73. The van der Waals surface area contributed by atoms with Gasteiger partial charge in [0.1, 0.15) is 0 Å². The minimum Gasteiger partial charge on any atom is -0.469 e. The van der Waals surface area contributed by atoms with E-state index in [1.807, 2.05) is 14.0 Å². The van der Waals surface area contributed by atoms with Crippen molar-refractivity contribution in [3.63, 3.8) is 0 Å². The molecule has 0 aliphatic rings. The van der Waals surface area contributed by atoms with Crippen LogP contribution in [0.3, 0.4) is 0 Å². The smallest absolute Gasteiger partial charge is 0.309 e. The zero-order valence-electron chi connectivity index (χ0n) is 7.76. The number of ether oxygens (including phenoxy) is 1. The van der Waals surface area contributed by atoms with E-state index in [0.717, 1.165) is 13.1 Å². The molecule has 0 aliphatic heterocycles. The topological polar surface area (TPSA) is 29.5 Å². The summed E-state index contributed by atoms with van der Waals surface area (Å²) in [4.78, 5) is 13.0. The van der Waals surface area contributed by atoms with Gasteiger partial charge >= 0.3 is 5.97 Å². The van der Waals surface area contributed by atoms with Crippen molar-refractivity contribution in [3.05, 3.63) is 0 Å². The zero-order valence-corrected chi connectivity index (χ0v) is 7.76. The second kappa shape index (κ2) is 5.13. The molecule has 0 saturated carbocycles. The number of carbonyl (C=O) groups is 1. The maximum atomic E-state index is 10.9. The molecular weight excluding hydrogens is 142 g/mol. The fourth-order valence-electron chi connectivity index (χ4n) is 0.872. The Morgan fingerprint density at radius 2 is 2.18 bits per heavy atom. The molecule has 11 heavy (non-hydrogen) atoms. The molecule has 0 N–H and O–H groups in total. The zero-order chi connectivity index (χ0) is 8.85. The van der Waals surface area contributed by atoms with Gasteiger partial charge in [-0.25, -0.2) is 0 Å². The molecule has 0 radical (unpaired) electrons. The van der Waals surface area contributed by atoms with Gasteiger partial charge in [0.05, 0.1) is 13.0 Å². The van der Waals surface area contributed by atoms with Crippen molar-refractivity contribution in [2.45, 2.75) is 13.8 Å². The van der Waals surface area contributed by atoms with Gasteiger partial charge in [0, 0.05) is 6.54 Å². The molecule has 0 spiro atoms. The second-order valence-electron chi connectivity index (χ2n) is 2.78. The van der Waals surface area contributed by atoms with Gasteiger partial charge < -0.3 is 9.64 Å². The van der Waals surface area contributed by atoms with Crippen LogP contribution in [-0.4, -0.2) is 38.1 Å². The average molecular weight is 159 g/mol. The highest BCUT2D eigenvalue weighted by Crippen LogP contribution is 1.99. The summed E-state index contributed by atoms with van der Waals surface area (Å²) in [6.45, 7) is 5.66. The van der Waals surface area contributed by atoms with Crippen molar-refractivity contribution in [2.75, 3.05) is 27.2 Å². The molecular formula is C8H17NO2. The van der Waals surface area contributed by atoms with Gasteiger partial charge in [0.25, 0.3) is 0 Å². The van der Waals surface area contributed by atoms with Gasteiger partial charge in [-0.3, -0.25) is 4.79 Å². The first-order valence-corrected chi connectivity index (χ1v) is 3.88. The van der Waals surface area contributed by atoms with Crippen LogP contribution in [0, 0.1) is 5.92 Å². The number of rotatable bonds is 4. The van der Waals surface area contributed by atoms with E-state index in [2.05, 4.69) is 16.6 Å². The molecule has 0 aromatic carbocycles. The molecule has 0 saturated heterocycles. The quantitative estimate of drug-likeness (QED) is 0.567. The molecule has 0 amide bonds. The maximum Gasteiger partial charge on any atom is 0.309 e. The van der Waals surface area contributed by atoms with E-state index in [0.29, 0.717) is 0 Å². The summed E-state index contributed by atoms with van der Waals surface area (Å²) in [5.74, 6) is -0.157. The van der Waals surface area contributed by atoms with Crippen LogP contribution in [-0.2, 0) is 9.53 Å². The van der Waals surface area contributed by atoms with Crippen LogP contribution in [0.1, 0.15) is 13.8 Å². The maximum absolute atomic E-state index is 10.9. The molecule has 0 aromatic heterocycles. The third kappa shape index (κ3) is 3.98. The predicted octanol–water partition coefficient (Wildman–Crippen LogP) is 0.747. The van der Waals surface area contributed by atoms with Crippen LogP contribution >= 0.6 is 0 Å². The Morgan fingerprint density at radius 1 is 1.64 bits per heavy atom. The molecule has 0 bridgehead atoms. The first-order chi connectivity index (χ1) is 5.11. The Balaban J connectivity index is 3.67. The van der Waals surface area contributed by atoms with E-state index in [9.17, 15) is 4.79 Å². The van der Waals surface area contributed by atoms with Gasteiger partial charge in [-0.05, 0) is 13.6 Å². The molecule has 3 nitrogen and oxygen atoms in total.